The number of benzene rings is 1. The van der Waals surface area contributed by atoms with Crippen LogP contribution in [0.15, 0.2) is 30.3 Å². The lowest BCUT2D eigenvalue weighted by atomic mass is 10.1. The lowest BCUT2D eigenvalue weighted by molar-refractivity contribution is -0.149. The molecule has 0 spiro atoms. The van der Waals surface area contributed by atoms with Crippen molar-refractivity contribution in [3.8, 4) is 0 Å². The molecule has 1 aromatic rings. The highest BCUT2D eigenvalue weighted by Crippen LogP contribution is 2.21. The fourth-order valence-corrected chi connectivity index (χ4v) is 4.00. The number of unbranched alkanes of at least 4 members (excludes halogenated alkanes) is 1. The smallest absolute Gasteiger partial charge is 0.324 e. The van der Waals surface area contributed by atoms with Gasteiger partial charge in [-0.3, -0.25) is 4.79 Å². The summed E-state index contributed by atoms with van der Waals surface area (Å²) < 4.78 is 30.1. The van der Waals surface area contributed by atoms with Gasteiger partial charge in [0, 0.05) is 6.54 Å². The number of nitrogens with zero attached hydrogens (tertiary/aromatic N) is 1. The molecule has 1 aromatic carbocycles. The molecule has 1 fully saturated rings. The molecule has 1 unspecified atom stereocenters. The van der Waals surface area contributed by atoms with Crippen molar-refractivity contribution in [2.24, 2.45) is 0 Å². The second-order valence-electron chi connectivity index (χ2n) is 6.00. The zero-order valence-electron chi connectivity index (χ0n) is 13.6. The highest BCUT2D eigenvalue weighted by molar-refractivity contribution is 7.88. The van der Waals surface area contributed by atoms with Gasteiger partial charge in [-0.05, 0) is 44.1 Å². The molecular weight excluding hydrogens is 314 g/mol. The minimum atomic E-state index is -3.36. The van der Waals surface area contributed by atoms with E-state index in [1.807, 2.05) is 18.2 Å². The lowest BCUT2D eigenvalue weighted by Crippen LogP contribution is -2.48. The van der Waals surface area contributed by atoms with Gasteiger partial charge in [0.05, 0.1) is 12.9 Å². The molecule has 5 nitrogen and oxygen atoms in total. The normalized spacial score (nSPS) is 19.4. The topological polar surface area (TPSA) is 63.7 Å². The standard InChI is InChI=1S/C17H25NO4S/c1-23(20,21)18-13-7-5-12-16(18)17(19)22-14-8-6-11-15-9-3-2-4-10-15/h2-4,9-10,16H,5-8,11-14H2,1H3. The van der Waals surface area contributed by atoms with Crippen molar-refractivity contribution in [2.45, 2.75) is 44.6 Å². The second-order valence-corrected chi connectivity index (χ2v) is 7.93. The summed E-state index contributed by atoms with van der Waals surface area (Å²) in [6.07, 6.45) is 6.05. The van der Waals surface area contributed by atoms with Crippen molar-refractivity contribution in [2.75, 3.05) is 19.4 Å². The average molecular weight is 339 g/mol. The molecule has 0 aliphatic carbocycles. The van der Waals surface area contributed by atoms with Crippen LogP contribution in [-0.2, 0) is 26.0 Å². The molecule has 0 aromatic heterocycles. The quantitative estimate of drug-likeness (QED) is 0.565. The molecule has 2 rings (SSSR count). The zero-order valence-corrected chi connectivity index (χ0v) is 14.4. The molecular formula is C17H25NO4S. The van der Waals surface area contributed by atoms with Crippen molar-refractivity contribution in [1.82, 2.24) is 4.31 Å². The fourth-order valence-electron chi connectivity index (χ4n) is 2.88. The van der Waals surface area contributed by atoms with Crippen LogP contribution in [0.2, 0.25) is 0 Å². The lowest BCUT2D eigenvalue weighted by Gasteiger charge is -2.31. The van der Waals surface area contributed by atoms with E-state index < -0.39 is 22.0 Å². The summed E-state index contributed by atoms with van der Waals surface area (Å²) in [6, 6.07) is 9.53. The first-order valence-electron chi connectivity index (χ1n) is 8.16. The Balaban J connectivity index is 1.73. The Labute approximate surface area is 138 Å². The molecule has 128 valence electrons. The maximum atomic E-state index is 12.2. The summed E-state index contributed by atoms with van der Waals surface area (Å²) in [5.74, 6) is -0.408. The minimum Gasteiger partial charge on any atom is -0.464 e. The van der Waals surface area contributed by atoms with Crippen LogP contribution in [0.3, 0.4) is 0 Å². The van der Waals surface area contributed by atoms with E-state index in [1.165, 1.54) is 9.87 Å². The van der Waals surface area contributed by atoms with Crippen molar-refractivity contribution in [3.05, 3.63) is 35.9 Å². The van der Waals surface area contributed by atoms with E-state index in [2.05, 4.69) is 12.1 Å². The van der Waals surface area contributed by atoms with Crippen LogP contribution >= 0.6 is 0 Å². The first-order valence-corrected chi connectivity index (χ1v) is 10.0. The number of piperidine rings is 1. The zero-order chi connectivity index (χ0) is 16.7. The number of carbonyl (C=O) groups is 1. The average Bonchev–Trinajstić information content (AvgIpc) is 2.54. The van der Waals surface area contributed by atoms with Crippen molar-refractivity contribution < 1.29 is 17.9 Å². The van der Waals surface area contributed by atoms with Crippen molar-refractivity contribution in [3.63, 3.8) is 0 Å². The van der Waals surface area contributed by atoms with Crippen LogP contribution < -0.4 is 0 Å². The molecule has 1 heterocycles. The van der Waals surface area contributed by atoms with Gasteiger partial charge in [-0.1, -0.05) is 30.3 Å². The van der Waals surface area contributed by atoms with Gasteiger partial charge in [0.25, 0.3) is 0 Å². The van der Waals surface area contributed by atoms with Gasteiger partial charge in [-0.2, -0.15) is 4.31 Å². The van der Waals surface area contributed by atoms with Gasteiger partial charge in [-0.25, -0.2) is 8.42 Å². The number of hydrogen-bond acceptors (Lipinski definition) is 4. The van der Waals surface area contributed by atoms with E-state index >= 15 is 0 Å². The number of carbonyl (C=O) groups excluding carboxylic acids is 1. The Morgan fingerprint density at radius 1 is 1.22 bits per heavy atom. The summed E-state index contributed by atoms with van der Waals surface area (Å²) in [5.41, 5.74) is 1.27. The summed E-state index contributed by atoms with van der Waals surface area (Å²) in [5, 5.41) is 0. The monoisotopic (exact) mass is 339 g/mol. The molecule has 0 saturated carbocycles. The molecule has 0 bridgehead atoms. The van der Waals surface area contributed by atoms with E-state index in [0.29, 0.717) is 19.6 Å². The number of esters is 1. The third-order valence-electron chi connectivity index (χ3n) is 4.10. The molecule has 1 aliphatic heterocycles. The number of sulfonamides is 1. The SMILES string of the molecule is CS(=O)(=O)N1CCCCC1C(=O)OCCCCc1ccccc1. The Hall–Kier alpha value is -1.40. The summed E-state index contributed by atoms with van der Waals surface area (Å²) in [7, 11) is -3.36. The third kappa shape index (κ3) is 5.62. The van der Waals surface area contributed by atoms with Crippen LogP contribution in [0.25, 0.3) is 0 Å². The molecule has 23 heavy (non-hydrogen) atoms. The van der Waals surface area contributed by atoms with Crippen LogP contribution in [0.5, 0.6) is 0 Å². The first kappa shape index (κ1) is 17.9. The largest absolute Gasteiger partial charge is 0.464 e. The van der Waals surface area contributed by atoms with Gasteiger partial charge in [0.1, 0.15) is 6.04 Å². The minimum absolute atomic E-state index is 0.347. The Bertz CT molecular complexity index is 600. The number of rotatable bonds is 7. The summed E-state index contributed by atoms with van der Waals surface area (Å²) in [4.78, 5) is 12.2. The Morgan fingerprint density at radius 3 is 2.65 bits per heavy atom. The molecule has 0 N–H and O–H groups in total. The van der Waals surface area contributed by atoms with Gasteiger partial charge in [0.15, 0.2) is 0 Å². The third-order valence-corrected chi connectivity index (χ3v) is 5.39. The van der Waals surface area contributed by atoms with Gasteiger partial charge >= 0.3 is 5.97 Å². The van der Waals surface area contributed by atoms with Crippen LogP contribution in [0.4, 0.5) is 0 Å². The van der Waals surface area contributed by atoms with Crippen LogP contribution in [0.1, 0.15) is 37.7 Å². The maximum absolute atomic E-state index is 12.2. The molecule has 1 aliphatic rings. The number of ether oxygens (including phenoxy) is 1. The highest BCUT2D eigenvalue weighted by Gasteiger charge is 2.35. The van der Waals surface area contributed by atoms with Crippen molar-refractivity contribution in [1.29, 1.82) is 0 Å². The van der Waals surface area contributed by atoms with Crippen LogP contribution in [0, 0.1) is 0 Å². The summed E-state index contributed by atoms with van der Waals surface area (Å²) in [6.45, 7) is 0.756. The maximum Gasteiger partial charge on any atom is 0.324 e. The molecule has 0 amide bonds. The highest BCUT2D eigenvalue weighted by atomic mass is 32.2. The predicted molar refractivity (Wildman–Crippen MR) is 89.5 cm³/mol. The predicted octanol–water partition coefficient (Wildman–Crippen LogP) is 2.37. The molecule has 0 radical (unpaired) electrons. The van der Waals surface area contributed by atoms with E-state index in [4.69, 9.17) is 4.74 Å². The number of hydrogen-bond donors (Lipinski definition) is 0. The van der Waals surface area contributed by atoms with Gasteiger partial charge in [0.2, 0.25) is 10.0 Å². The van der Waals surface area contributed by atoms with Crippen molar-refractivity contribution >= 4 is 16.0 Å². The molecule has 1 saturated heterocycles. The van der Waals surface area contributed by atoms with E-state index in [1.54, 1.807) is 0 Å². The Kier molecular flexibility index (Phi) is 6.59. The Morgan fingerprint density at radius 2 is 1.96 bits per heavy atom. The van der Waals surface area contributed by atoms with Gasteiger partial charge in [-0.15, -0.1) is 0 Å². The van der Waals surface area contributed by atoms with E-state index in [9.17, 15) is 13.2 Å². The fraction of sp³-hybridized carbons (Fsp3) is 0.588. The van der Waals surface area contributed by atoms with E-state index in [0.717, 1.165) is 38.4 Å². The van der Waals surface area contributed by atoms with Crippen LogP contribution in [-0.4, -0.2) is 44.1 Å². The van der Waals surface area contributed by atoms with Gasteiger partial charge < -0.3 is 4.74 Å². The molecule has 1 atom stereocenters. The van der Waals surface area contributed by atoms with E-state index in [-0.39, 0.29) is 0 Å². The first-order chi connectivity index (χ1) is 11.0. The molecule has 6 heteroatoms. The summed E-state index contributed by atoms with van der Waals surface area (Å²) >= 11 is 0. The number of aryl methyl sites for hydroxylation is 1. The second kappa shape index (κ2) is 8.45.